The molecule has 0 radical (unpaired) electrons. The number of aromatic amines is 2. The third-order valence-corrected chi connectivity index (χ3v) is 2.17. The minimum absolute atomic E-state index is 0.394. The van der Waals surface area contributed by atoms with Gasteiger partial charge in [0.05, 0.1) is 11.0 Å². The standard InChI is InChI=1S/C9H7N3O3S/c13-7(8(14)15)10-4-1-2-5-6(3-4)12-9(16)11-5/h1-3H,(H,10,13)(H,14,15)(H2,11,12,16). The molecule has 0 unspecified atom stereocenters. The van der Waals surface area contributed by atoms with Crippen molar-refractivity contribution in [3.63, 3.8) is 0 Å². The number of aromatic nitrogens is 2. The molecule has 2 rings (SSSR count). The number of fused-ring (bicyclic) bond motifs is 1. The van der Waals surface area contributed by atoms with E-state index in [-0.39, 0.29) is 0 Å². The first-order chi connectivity index (χ1) is 7.56. The van der Waals surface area contributed by atoms with E-state index in [9.17, 15) is 9.59 Å². The fourth-order valence-electron chi connectivity index (χ4n) is 1.29. The molecule has 0 aliphatic carbocycles. The summed E-state index contributed by atoms with van der Waals surface area (Å²) >= 11 is 4.89. The van der Waals surface area contributed by atoms with Crippen molar-refractivity contribution in [3.05, 3.63) is 23.0 Å². The van der Waals surface area contributed by atoms with Crippen molar-refractivity contribution in [2.45, 2.75) is 0 Å². The number of carbonyl (C=O) groups excluding carboxylic acids is 1. The Morgan fingerprint density at radius 3 is 2.62 bits per heavy atom. The number of nitrogens with one attached hydrogen (secondary N) is 3. The Morgan fingerprint density at radius 1 is 1.25 bits per heavy atom. The minimum atomic E-state index is -1.53. The highest BCUT2D eigenvalue weighted by Crippen LogP contribution is 2.15. The summed E-state index contributed by atoms with van der Waals surface area (Å²) in [5, 5.41) is 10.7. The van der Waals surface area contributed by atoms with Crippen molar-refractivity contribution in [1.29, 1.82) is 0 Å². The Labute approximate surface area is 94.3 Å². The number of carboxylic acids is 1. The van der Waals surface area contributed by atoms with Gasteiger partial charge in [0.2, 0.25) is 0 Å². The quantitative estimate of drug-likeness (QED) is 0.443. The number of aliphatic carboxylic acids is 1. The van der Waals surface area contributed by atoms with Crippen LogP contribution in [0.4, 0.5) is 5.69 Å². The van der Waals surface area contributed by atoms with E-state index in [0.717, 1.165) is 5.52 Å². The van der Waals surface area contributed by atoms with Crippen LogP contribution in [0.5, 0.6) is 0 Å². The van der Waals surface area contributed by atoms with Gasteiger partial charge in [0, 0.05) is 5.69 Å². The van der Waals surface area contributed by atoms with Crippen LogP contribution >= 0.6 is 12.2 Å². The van der Waals surface area contributed by atoms with E-state index in [0.29, 0.717) is 16.0 Å². The molecular formula is C9H7N3O3S. The average Bonchev–Trinajstić information content (AvgIpc) is 2.57. The van der Waals surface area contributed by atoms with Crippen molar-refractivity contribution in [1.82, 2.24) is 9.97 Å². The molecule has 0 spiro atoms. The molecule has 82 valence electrons. The molecule has 0 saturated carbocycles. The Hall–Kier alpha value is -2.15. The fourth-order valence-corrected chi connectivity index (χ4v) is 1.51. The second-order valence-electron chi connectivity index (χ2n) is 3.10. The zero-order valence-corrected chi connectivity index (χ0v) is 8.72. The summed E-state index contributed by atoms with van der Waals surface area (Å²) in [5.74, 6) is -2.60. The van der Waals surface area contributed by atoms with Gasteiger partial charge in [0.1, 0.15) is 0 Å². The molecule has 4 N–H and O–H groups in total. The van der Waals surface area contributed by atoms with Crippen LogP contribution in [0.2, 0.25) is 0 Å². The monoisotopic (exact) mass is 237 g/mol. The molecule has 0 atom stereocenters. The van der Waals surface area contributed by atoms with Crippen LogP contribution in [0.1, 0.15) is 0 Å². The molecule has 7 heteroatoms. The summed E-state index contributed by atoms with van der Waals surface area (Å²) in [6.45, 7) is 0. The second-order valence-corrected chi connectivity index (χ2v) is 3.51. The lowest BCUT2D eigenvalue weighted by molar-refractivity contribution is -0.147. The summed E-state index contributed by atoms with van der Waals surface area (Å²) in [7, 11) is 0. The van der Waals surface area contributed by atoms with Crippen LogP contribution in [0.3, 0.4) is 0 Å². The summed E-state index contributed by atoms with van der Waals surface area (Å²) in [6, 6.07) is 4.88. The number of hydrogen-bond acceptors (Lipinski definition) is 3. The second kappa shape index (κ2) is 3.78. The zero-order valence-electron chi connectivity index (χ0n) is 7.90. The van der Waals surface area contributed by atoms with Gasteiger partial charge in [0.25, 0.3) is 0 Å². The molecule has 0 bridgehead atoms. The van der Waals surface area contributed by atoms with Crippen molar-refractivity contribution in [2.75, 3.05) is 5.32 Å². The molecule has 1 aromatic carbocycles. The molecular weight excluding hydrogens is 230 g/mol. The largest absolute Gasteiger partial charge is 0.474 e. The van der Waals surface area contributed by atoms with E-state index in [1.807, 2.05) is 0 Å². The van der Waals surface area contributed by atoms with Crippen molar-refractivity contribution in [2.24, 2.45) is 0 Å². The number of imidazole rings is 1. The summed E-state index contributed by atoms with van der Waals surface area (Å²) < 4.78 is 0.469. The number of H-pyrrole nitrogens is 2. The van der Waals surface area contributed by atoms with Crippen LogP contribution in [0, 0.1) is 4.77 Å². The van der Waals surface area contributed by atoms with Gasteiger partial charge in [0.15, 0.2) is 4.77 Å². The van der Waals surface area contributed by atoms with Gasteiger partial charge in [-0.3, -0.25) is 4.79 Å². The number of hydrogen-bond donors (Lipinski definition) is 4. The van der Waals surface area contributed by atoms with E-state index in [1.165, 1.54) is 0 Å². The Bertz CT molecular complexity index is 628. The number of amides is 1. The van der Waals surface area contributed by atoms with Crippen LogP contribution in [0.25, 0.3) is 11.0 Å². The highest BCUT2D eigenvalue weighted by molar-refractivity contribution is 7.71. The maximum atomic E-state index is 10.9. The van der Waals surface area contributed by atoms with Crippen molar-refractivity contribution >= 4 is 40.8 Å². The summed E-state index contributed by atoms with van der Waals surface area (Å²) in [4.78, 5) is 27.0. The van der Waals surface area contributed by atoms with Gasteiger partial charge in [-0.2, -0.15) is 0 Å². The first-order valence-corrected chi connectivity index (χ1v) is 4.73. The van der Waals surface area contributed by atoms with E-state index < -0.39 is 11.9 Å². The smallest absolute Gasteiger partial charge is 0.394 e. The predicted octanol–water partition coefficient (Wildman–Crippen LogP) is 1.25. The number of carbonyl (C=O) groups is 2. The number of anilines is 1. The normalized spacial score (nSPS) is 10.2. The van der Waals surface area contributed by atoms with Gasteiger partial charge in [-0.1, -0.05) is 0 Å². The fraction of sp³-hybridized carbons (Fsp3) is 0. The van der Waals surface area contributed by atoms with Gasteiger partial charge < -0.3 is 20.4 Å². The third kappa shape index (κ3) is 1.94. The molecule has 0 aliphatic heterocycles. The van der Waals surface area contributed by atoms with Crippen molar-refractivity contribution < 1.29 is 14.7 Å². The van der Waals surface area contributed by atoms with Crippen LogP contribution in [-0.2, 0) is 9.59 Å². The maximum absolute atomic E-state index is 10.9. The van der Waals surface area contributed by atoms with E-state index >= 15 is 0 Å². The molecule has 1 amide bonds. The molecule has 2 aromatic rings. The molecule has 16 heavy (non-hydrogen) atoms. The molecule has 1 heterocycles. The summed E-state index contributed by atoms with van der Waals surface area (Å²) in [5.41, 5.74) is 1.89. The Balaban J connectivity index is 2.36. The zero-order chi connectivity index (χ0) is 11.7. The highest BCUT2D eigenvalue weighted by atomic mass is 32.1. The average molecular weight is 237 g/mol. The number of benzene rings is 1. The van der Waals surface area contributed by atoms with Gasteiger partial charge in [-0.05, 0) is 30.4 Å². The Morgan fingerprint density at radius 2 is 1.94 bits per heavy atom. The lowest BCUT2D eigenvalue weighted by atomic mass is 10.3. The lowest BCUT2D eigenvalue weighted by Gasteiger charge is -2.00. The van der Waals surface area contributed by atoms with Gasteiger partial charge in [-0.25, -0.2) is 4.79 Å². The van der Waals surface area contributed by atoms with E-state index in [1.54, 1.807) is 18.2 Å². The molecule has 0 fully saturated rings. The van der Waals surface area contributed by atoms with Crippen LogP contribution in [-0.4, -0.2) is 27.0 Å². The molecule has 0 saturated heterocycles. The van der Waals surface area contributed by atoms with Crippen molar-refractivity contribution in [3.8, 4) is 0 Å². The highest BCUT2D eigenvalue weighted by Gasteiger charge is 2.11. The number of rotatable bonds is 1. The Kier molecular flexibility index (Phi) is 2.45. The lowest BCUT2D eigenvalue weighted by Crippen LogP contribution is -2.21. The molecule has 1 aromatic heterocycles. The first kappa shape index (κ1) is 10.4. The van der Waals surface area contributed by atoms with Gasteiger partial charge >= 0.3 is 11.9 Å². The SMILES string of the molecule is O=C(O)C(=O)Nc1ccc2[nH]c(=S)[nH]c2c1. The molecule has 6 nitrogen and oxygen atoms in total. The van der Waals surface area contributed by atoms with E-state index in [2.05, 4.69) is 15.3 Å². The first-order valence-electron chi connectivity index (χ1n) is 4.32. The minimum Gasteiger partial charge on any atom is -0.474 e. The van der Waals surface area contributed by atoms with Crippen LogP contribution in [0.15, 0.2) is 18.2 Å². The molecule has 0 aliphatic rings. The predicted molar refractivity (Wildman–Crippen MR) is 59.7 cm³/mol. The van der Waals surface area contributed by atoms with E-state index in [4.69, 9.17) is 17.3 Å². The van der Waals surface area contributed by atoms with Crippen LogP contribution < -0.4 is 5.32 Å². The summed E-state index contributed by atoms with van der Waals surface area (Å²) in [6.07, 6.45) is 0. The maximum Gasteiger partial charge on any atom is 0.394 e. The number of carboxylic acid groups (broad SMARTS) is 1. The topological polar surface area (TPSA) is 98.0 Å². The third-order valence-electron chi connectivity index (χ3n) is 1.97. The van der Waals surface area contributed by atoms with Gasteiger partial charge in [-0.15, -0.1) is 0 Å².